The highest BCUT2D eigenvalue weighted by molar-refractivity contribution is 5.87. The summed E-state index contributed by atoms with van der Waals surface area (Å²) in [6.07, 6.45) is -1.87. The maximum Gasteiger partial charge on any atom is 0.511 e. The molecule has 9 aromatic rings. The monoisotopic (exact) mass is 1590 g/mol. The Labute approximate surface area is 686 Å². The van der Waals surface area contributed by atoms with Crippen molar-refractivity contribution in [3.63, 3.8) is 0 Å². The Bertz CT molecular complexity index is 4810. The van der Waals surface area contributed by atoms with Crippen LogP contribution in [0.5, 0.6) is 17.2 Å². The topological polar surface area (TPSA) is 302 Å². The lowest BCUT2D eigenvalue weighted by Gasteiger charge is -2.24. The van der Waals surface area contributed by atoms with Crippen molar-refractivity contribution in [2.24, 2.45) is 5.73 Å². The highest BCUT2D eigenvalue weighted by Crippen LogP contribution is 2.38. The van der Waals surface area contributed by atoms with Crippen LogP contribution in [0.3, 0.4) is 0 Å². The van der Waals surface area contributed by atoms with E-state index in [2.05, 4.69) is 39.5 Å². The van der Waals surface area contributed by atoms with Gasteiger partial charge in [0.05, 0.1) is 59.8 Å². The molecule has 0 spiro atoms. The van der Waals surface area contributed by atoms with Crippen LogP contribution in [0.4, 0.5) is 19.2 Å². The lowest BCUT2D eigenvalue weighted by atomic mass is 9.94. The lowest BCUT2D eigenvalue weighted by Crippen LogP contribution is -2.39. The molecule has 9 aromatic carbocycles. The normalized spacial score (nSPS) is 11.1. The van der Waals surface area contributed by atoms with Gasteiger partial charge in [0.25, 0.3) is 0 Å². The second-order valence-electron chi connectivity index (χ2n) is 27.8. The minimum atomic E-state index is -1.09. The second-order valence-corrected chi connectivity index (χ2v) is 27.8. The second kappa shape index (κ2) is 47.1. The molecule has 618 valence electrons. The lowest BCUT2D eigenvalue weighted by molar-refractivity contribution is -0.167. The fraction of sp³-hybridized carbons (Fsp3) is 0.323. The van der Waals surface area contributed by atoms with Gasteiger partial charge in [-0.15, -0.1) is 0 Å². The molecule has 0 saturated heterocycles. The number of nitrogens with two attached hydrogens (primary N) is 1. The zero-order valence-electron chi connectivity index (χ0n) is 69.3. The van der Waals surface area contributed by atoms with Crippen molar-refractivity contribution < 1.29 is 76.3 Å². The average Bonchev–Trinajstić information content (AvgIpc) is 0.808. The number of rotatable bonds is 35. The van der Waals surface area contributed by atoms with Crippen molar-refractivity contribution in [3.05, 3.63) is 267 Å². The van der Waals surface area contributed by atoms with Crippen molar-refractivity contribution in [2.75, 3.05) is 60.7 Å². The summed E-state index contributed by atoms with van der Waals surface area (Å²) < 4.78 is 37.0. The molecule has 0 aliphatic rings. The zero-order chi connectivity index (χ0) is 84.9. The van der Waals surface area contributed by atoms with Crippen LogP contribution in [-0.4, -0.2) is 141 Å². The fourth-order valence-electron chi connectivity index (χ4n) is 12.5. The van der Waals surface area contributed by atoms with Crippen LogP contribution in [0.25, 0.3) is 33.4 Å². The summed E-state index contributed by atoms with van der Waals surface area (Å²) in [5.41, 5.74) is 22.2. The van der Waals surface area contributed by atoms with Crippen LogP contribution >= 0.6 is 0 Å². The molecule has 0 bridgehead atoms. The molecule has 0 saturated carbocycles. The van der Waals surface area contributed by atoms with Gasteiger partial charge in [-0.3, -0.25) is 24.0 Å². The van der Waals surface area contributed by atoms with Gasteiger partial charge in [0.15, 0.2) is 0 Å². The van der Waals surface area contributed by atoms with E-state index in [1.165, 1.54) is 20.8 Å². The highest BCUT2D eigenvalue weighted by atomic mass is 16.8. The van der Waals surface area contributed by atoms with Crippen LogP contribution in [0, 0.1) is 20.8 Å². The Balaban J connectivity index is 0.000000243. The number of carbonyl (C=O) groups is 9. The largest absolute Gasteiger partial charge is 0.511 e. The number of esters is 2. The number of hydrogen-bond donors (Lipinski definition) is 5. The van der Waals surface area contributed by atoms with Gasteiger partial charge < -0.3 is 74.9 Å². The Morgan fingerprint density at radius 1 is 0.393 bits per heavy atom. The molecule has 117 heavy (non-hydrogen) atoms. The number of ketones is 2. The summed E-state index contributed by atoms with van der Waals surface area (Å²) in [7, 11) is 4.80. The van der Waals surface area contributed by atoms with Gasteiger partial charge in [-0.1, -0.05) is 180 Å². The molecule has 0 aliphatic heterocycles. The molecule has 9 rings (SSSR count). The van der Waals surface area contributed by atoms with Crippen LogP contribution < -0.4 is 41.2 Å². The number of nitrogens with one attached hydrogen (secondary N) is 4. The third-order valence-electron chi connectivity index (χ3n) is 18.8. The zero-order valence-corrected chi connectivity index (χ0v) is 69.3. The van der Waals surface area contributed by atoms with Crippen molar-refractivity contribution in [3.8, 4) is 50.6 Å². The van der Waals surface area contributed by atoms with Crippen molar-refractivity contribution in [1.82, 2.24) is 36.0 Å². The average molecular weight is 1600 g/mol. The van der Waals surface area contributed by atoms with Crippen LogP contribution in [0.2, 0.25) is 0 Å². The third kappa shape index (κ3) is 29.5. The van der Waals surface area contributed by atoms with E-state index in [0.717, 1.165) is 94.6 Å². The van der Waals surface area contributed by atoms with Crippen LogP contribution in [-0.2, 0) is 101 Å². The predicted octanol–water partition coefficient (Wildman–Crippen LogP) is 15.1. The number of amides is 7. The molecule has 2 unspecified atom stereocenters. The van der Waals surface area contributed by atoms with Gasteiger partial charge >= 0.3 is 36.2 Å². The molecular weight excluding hydrogens is 1490 g/mol. The van der Waals surface area contributed by atoms with Gasteiger partial charge in [0.2, 0.25) is 12.2 Å². The van der Waals surface area contributed by atoms with E-state index < -0.39 is 30.4 Å². The number of methoxy groups -OCH3 is 3. The number of Topliss-reactive ketones (excluding diaryl/α,β-unsaturated/α-hetero) is 2. The van der Waals surface area contributed by atoms with Gasteiger partial charge in [-0.25, -0.2) is 19.2 Å². The van der Waals surface area contributed by atoms with Crippen molar-refractivity contribution in [1.29, 1.82) is 0 Å². The summed E-state index contributed by atoms with van der Waals surface area (Å²) in [4.78, 5) is 116. The van der Waals surface area contributed by atoms with Crippen LogP contribution in [0.1, 0.15) is 115 Å². The van der Waals surface area contributed by atoms with Crippen molar-refractivity contribution >= 4 is 53.7 Å². The first-order chi connectivity index (χ1) is 56.2. The van der Waals surface area contributed by atoms with Gasteiger partial charge in [-0.05, 0) is 165 Å². The number of carbonyl (C=O) groups excluding carboxylic acids is 9. The number of benzene rings is 9. The maximum atomic E-state index is 13.1. The van der Waals surface area contributed by atoms with Crippen LogP contribution in [0.15, 0.2) is 200 Å². The van der Waals surface area contributed by atoms with Gasteiger partial charge in [0.1, 0.15) is 35.4 Å². The molecule has 0 aliphatic carbocycles. The molecule has 0 radical (unpaired) electrons. The van der Waals surface area contributed by atoms with Crippen molar-refractivity contribution in [2.45, 2.75) is 140 Å². The van der Waals surface area contributed by atoms with E-state index in [9.17, 15) is 43.2 Å². The highest BCUT2D eigenvalue weighted by Gasteiger charge is 2.24. The molecule has 0 heterocycles. The van der Waals surface area contributed by atoms with Gasteiger partial charge in [0, 0.05) is 82.5 Å². The van der Waals surface area contributed by atoms with Gasteiger partial charge in [-0.2, -0.15) is 0 Å². The molecule has 24 heteroatoms. The summed E-state index contributed by atoms with van der Waals surface area (Å²) in [5.74, 6) is 0.360. The molecule has 6 N–H and O–H groups in total. The minimum absolute atomic E-state index is 0.0170. The Morgan fingerprint density at radius 2 is 0.744 bits per heavy atom. The fourth-order valence-corrected chi connectivity index (χ4v) is 12.5. The Morgan fingerprint density at radius 3 is 1.07 bits per heavy atom. The molecule has 7 amide bonds. The number of ether oxygens (including phenoxy) is 7. The standard InChI is InChI=1S/C32H38N2O7.C31H37N3O5.C30H35N3O4/c1-6-34(31(36)33-20-24-11-9-8-10-12-24)21-26-17-22(3)13-15-27(26)28-18-25(14-16-29(28)38-5)19-30(35)40-23(4)41-32(37)39-7-2;1-5-34(31(37)33-18-23-9-7-6-8-10-23)19-25-15-21(2)11-13-26(25)27-16-24(12-14-29(27)38-4)17-30(36)39-20-28(32)22(3)35;1-5-33(30(36)32-19-23-9-7-6-8-10-23)20-25-15-21(2)11-13-26(25)27-16-24(12-14-28(27)37-4)17-29(35)31-18-22(3)34/h8-18,23H,6-7,19-21H2,1-5H3,(H,33,36);6-16,28H,5,17-20,32H2,1-4H3,(H,33,37);6-16H,5,17-20H2,1-4H3,(H,31,35)(H,32,36). The summed E-state index contributed by atoms with van der Waals surface area (Å²) >= 11 is 0. The van der Waals surface area contributed by atoms with E-state index in [1.807, 2.05) is 205 Å². The third-order valence-corrected chi connectivity index (χ3v) is 18.8. The quantitative estimate of drug-likeness (QED) is 0.0140. The summed E-state index contributed by atoms with van der Waals surface area (Å²) in [5, 5.41) is 11.7. The van der Waals surface area contributed by atoms with E-state index in [1.54, 1.807) is 61.2 Å². The smallest absolute Gasteiger partial charge is 0.496 e. The molecule has 24 nitrogen and oxygen atoms in total. The Hall–Kier alpha value is -12.8. The number of aryl methyl sites for hydroxylation is 3. The summed E-state index contributed by atoms with van der Waals surface area (Å²) in [6.45, 7) is 21.9. The molecular formula is C93H110N8O16. The molecule has 0 aromatic heterocycles. The molecule has 2 atom stereocenters. The number of nitrogens with zero attached hydrogens (tertiary/aromatic N) is 3. The SMILES string of the molecule is CCN(Cc1cc(C)ccc1-c1cc(CC(=O)NCC(C)=O)ccc1OC)C(=O)NCc1ccccc1.CCN(Cc1cc(C)ccc1-c1cc(CC(=O)OCC(N)C(C)=O)ccc1OC)C(=O)NCc1ccccc1.CCOC(=O)OC(C)OC(=O)Cc1ccc(OC)c(-c2ccc(C)cc2CN(CC)C(=O)NCc2ccccc2)c1. The minimum Gasteiger partial charge on any atom is -0.496 e. The number of urea groups is 3. The predicted molar refractivity (Wildman–Crippen MR) is 452 cm³/mol. The van der Waals surface area contributed by atoms with E-state index in [-0.39, 0.29) is 74.6 Å². The Kier molecular flexibility index (Phi) is 36.8. The molecule has 0 fully saturated rings. The van der Waals surface area contributed by atoms with E-state index in [0.29, 0.717) is 81.7 Å². The first-order valence-electron chi connectivity index (χ1n) is 39.0. The number of hydrogen-bond acceptors (Lipinski definition) is 17. The maximum absolute atomic E-state index is 13.1. The van der Waals surface area contributed by atoms with E-state index >= 15 is 0 Å². The first kappa shape index (κ1) is 91.4. The summed E-state index contributed by atoms with van der Waals surface area (Å²) in [6, 6.07) is 62.9. The van der Waals surface area contributed by atoms with E-state index in [4.69, 9.17) is 38.9 Å². The first-order valence-corrected chi connectivity index (χ1v) is 39.0.